The molecule has 1 saturated heterocycles. The second-order valence-corrected chi connectivity index (χ2v) is 7.73. The average molecular weight is 393 g/mol. The van der Waals surface area contributed by atoms with Gasteiger partial charge in [0.1, 0.15) is 12.9 Å². The summed E-state index contributed by atoms with van der Waals surface area (Å²) in [7, 11) is 2.16. The van der Waals surface area contributed by atoms with Crippen molar-refractivity contribution in [3.8, 4) is 0 Å². The van der Waals surface area contributed by atoms with E-state index in [1.54, 1.807) is 6.07 Å². The SMILES string of the molecule is Cc1ncnc2c1c(NCC1CCN(C)CC1)cc(=O)n2OCc1ccccc1. The summed E-state index contributed by atoms with van der Waals surface area (Å²) in [5, 5.41) is 4.31. The van der Waals surface area contributed by atoms with Gasteiger partial charge in [0.15, 0.2) is 5.65 Å². The van der Waals surface area contributed by atoms with Crippen molar-refractivity contribution in [3.05, 3.63) is 64.3 Å². The van der Waals surface area contributed by atoms with Gasteiger partial charge in [-0.15, -0.1) is 4.73 Å². The maximum absolute atomic E-state index is 12.8. The number of piperidine rings is 1. The van der Waals surface area contributed by atoms with Crippen molar-refractivity contribution < 1.29 is 4.84 Å². The Morgan fingerprint density at radius 3 is 2.69 bits per heavy atom. The van der Waals surface area contributed by atoms with Crippen LogP contribution in [-0.4, -0.2) is 46.3 Å². The quantitative estimate of drug-likeness (QED) is 0.694. The van der Waals surface area contributed by atoms with Gasteiger partial charge in [0, 0.05) is 12.6 Å². The molecular weight excluding hydrogens is 366 g/mol. The molecule has 0 bridgehead atoms. The van der Waals surface area contributed by atoms with E-state index >= 15 is 0 Å². The Hall–Kier alpha value is -2.93. The van der Waals surface area contributed by atoms with Gasteiger partial charge >= 0.3 is 0 Å². The number of pyridine rings is 1. The van der Waals surface area contributed by atoms with Gasteiger partial charge in [-0.25, -0.2) is 9.97 Å². The second kappa shape index (κ2) is 8.61. The summed E-state index contributed by atoms with van der Waals surface area (Å²) in [6, 6.07) is 11.4. The fourth-order valence-electron chi connectivity index (χ4n) is 3.79. The van der Waals surface area contributed by atoms with Gasteiger partial charge in [-0.2, -0.15) is 0 Å². The Morgan fingerprint density at radius 2 is 1.93 bits per heavy atom. The zero-order chi connectivity index (χ0) is 20.2. The minimum Gasteiger partial charge on any atom is -0.404 e. The zero-order valence-corrected chi connectivity index (χ0v) is 17.0. The van der Waals surface area contributed by atoms with Crippen LogP contribution >= 0.6 is 0 Å². The molecule has 1 aliphatic heterocycles. The number of nitrogens with one attached hydrogen (secondary N) is 1. The lowest BCUT2D eigenvalue weighted by Crippen LogP contribution is -2.33. The summed E-state index contributed by atoms with van der Waals surface area (Å²) < 4.78 is 1.28. The van der Waals surface area contributed by atoms with Crippen LogP contribution in [0.15, 0.2) is 47.5 Å². The number of hydrogen-bond acceptors (Lipinski definition) is 6. The highest BCUT2D eigenvalue weighted by Gasteiger charge is 2.18. The van der Waals surface area contributed by atoms with E-state index in [9.17, 15) is 4.79 Å². The molecule has 0 atom stereocenters. The van der Waals surface area contributed by atoms with Crippen LogP contribution in [0.1, 0.15) is 24.1 Å². The van der Waals surface area contributed by atoms with Gasteiger partial charge in [-0.3, -0.25) is 4.79 Å². The molecule has 0 spiro atoms. The van der Waals surface area contributed by atoms with E-state index in [2.05, 4.69) is 27.2 Å². The first-order chi connectivity index (χ1) is 14.1. The zero-order valence-electron chi connectivity index (χ0n) is 17.0. The molecule has 0 radical (unpaired) electrons. The van der Waals surface area contributed by atoms with Crippen molar-refractivity contribution >= 4 is 16.7 Å². The molecule has 29 heavy (non-hydrogen) atoms. The van der Waals surface area contributed by atoms with Crippen molar-refractivity contribution in [2.24, 2.45) is 5.92 Å². The highest BCUT2D eigenvalue weighted by atomic mass is 16.7. The van der Waals surface area contributed by atoms with Crippen LogP contribution in [0.2, 0.25) is 0 Å². The standard InChI is InChI=1S/C22H27N5O2/c1-16-21-19(23-13-17-8-10-26(2)11-9-17)12-20(28)27(22(21)25-15-24-16)29-14-18-6-4-3-5-7-18/h3-7,12,15,17,23H,8-11,13-14H2,1-2H3. The van der Waals surface area contributed by atoms with Gasteiger partial charge in [0.05, 0.1) is 16.8 Å². The molecule has 1 N–H and O–H groups in total. The maximum Gasteiger partial charge on any atom is 0.287 e. The summed E-state index contributed by atoms with van der Waals surface area (Å²) in [5.74, 6) is 0.600. The fraction of sp³-hybridized carbons (Fsp3) is 0.409. The Balaban J connectivity index is 1.60. The first kappa shape index (κ1) is 19.4. The molecule has 2 aromatic heterocycles. The van der Waals surface area contributed by atoms with E-state index in [-0.39, 0.29) is 5.56 Å². The molecule has 1 aliphatic rings. The maximum atomic E-state index is 12.8. The normalized spacial score (nSPS) is 15.5. The number of fused-ring (bicyclic) bond motifs is 1. The third-order valence-corrected chi connectivity index (χ3v) is 5.57. The lowest BCUT2D eigenvalue weighted by Gasteiger charge is -2.29. The van der Waals surface area contributed by atoms with E-state index in [0.717, 1.165) is 54.8 Å². The molecule has 7 nitrogen and oxygen atoms in total. The van der Waals surface area contributed by atoms with Crippen LogP contribution in [0, 0.1) is 12.8 Å². The van der Waals surface area contributed by atoms with Crippen LogP contribution in [0.25, 0.3) is 11.0 Å². The molecule has 0 unspecified atom stereocenters. The molecule has 1 aromatic carbocycles. The van der Waals surface area contributed by atoms with Crippen LogP contribution < -0.4 is 15.7 Å². The molecule has 152 valence electrons. The van der Waals surface area contributed by atoms with Crippen molar-refractivity contribution in [1.29, 1.82) is 0 Å². The van der Waals surface area contributed by atoms with Crippen LogP contribution in [0.4, 0.5) is 5.69 Å². The molecule has 0 amide bonds. The molecule has 4 rings (SSSR count). The molecule has 0 aliphatic carbocycles. The molecule has 1 fully saturated rings. The van der Waals surface area contributed by atoms with Crippen LogP contribution in [-0.2, 0) is 6.61 Å². The topological polar surface area (TPSA) is 72.3 Å². The largest absolute Gasteiger partial charge is 0.404 e. The summed E-state index contributed by atoms with van der Waals surface area (Å²) in [6.07, 6.45) is 3.79. The van der Waals surface area contributed by atoms with E-state index in [1.165, 1.54) is 11.1 Å². The van der Waals surface area contributed by atoms with Gasteiger partial charge in [0.2, 0.25) is 0 Å². The number of benzene rings is 1. The number of nitrogens with zero attached hydrogens (tertiary/aromatic N) is 4. The summed E-state index contributed by atoms with van der Waals surface area (Å²) in [4.78, 5) is 29.7. The van der Waals surface area contributed by atoms with Crippen molar-refractivity contribution in [2.45, 2.75) is 26.4 Å². The molecule has 0 saturated carbocycles. The molecular formula is C22H27N5O2. The number of anilines is 1. The van der Waals surface area contributed by atoms with Gasteiger partial charge in [0.25, 0.3) is 5.56 Å². The number of likely N-dealkylation sites (tertiary alicyclic amines) is 1. The third kappa shape index (κ3) is 4.40. The first-order valence-corrected chi connectivity index (χ1v) is 10.1. The molecule has 3 aromatic rings. The fourth-order valence-corrected chi connectivity index (χ4v) is 3.79. The second-order valence-electron chi connectivity index (χ2n) is 7.73. The van der Waals surface area contributed by atoms with Crippen molar-refractivity contribution in [1.82, 2.24) is 19.6 Å². The highest BCUT2D eigenvalue weighted by Crippen LogP contribution is 2.24. The predicted molar refractivity (Wildman–Crippen MR) is 114 cm³/mol. The lowest BCUT2D eigenvalue weighted by atomic mass is 9.97. The van der Waals surface area contributed by atoms with Gasteiger partial charge in [-0.05, 0) is 51.4 Å². The Bertz CT molecular complexity index is 1030. The Morgan fingerprint density at radius 1 is 1.17 bits per heavy atom. The summed E-state index contributed by atoms with van der Waals surface area (Å²) in [6.45, 7) is 5.29. The Kier molecular flexibility index (Phi) is 5.76. The molecule has 7 heteroatoms. The third-order valence-electron chi connectivity index (χ3n) is 5.57. The van der Waals surface area contributed by atoms with E-state index in [1.807, 2.05) is 37.3 Å². The van der Waals surface area contributed by atoms with E-state index in [0.29, 0.717) is 18.2 Å². The van der Waals surface area contributed by atoms with E-state index < -0.39 is 0 Å². The highest BCUT2D eigenvalue weighted by molar-refractivity contribution is 5.90. The predicted octanol–water partition coefficient (Wildman–Crippen LogP) is 2.48. The first-order valence-electron chi connectivity index (χ1n) is 10.1. The number of aryl methyl sites for hydroxylation is 1. The summed E-state index contributed by atoms with van der Waals surface area (Å²) in [5.41, 5.74) is 2.84. The summed E-state index contributed by atoms with van der Waals surface area (Å²) >= 11 is 0. The minimum atomic E-state index is -0.239. The van der Waals surface area contributed by atoms with Crippen LogP contribution in [0.3, 0.4) is 0 Å². The lowest BCUT2D eigenvalue weighted by molar-refractivity contribution is 0.0979. The number of aromatic nitrogens is 3. The number of rotatable bonds is 6. The van der Waals surface area contributed by atoms with Crippen LogP contribution in [0.5, 0.6) is 0 Å². The van der Waals surface area contributed by atoms with Crippen molar-refractivity contribution in [2.75, 3.05) is 32.0 Å². The van der Waals surface area contributed by atoms with E-state index in [4.69, 9.17) is 4.84 Å². The Labute approximate surface area is 170 Å². The van der Waals surface area contributed by atoms with Crippen molar-refractivity contribution in [3.63, 3.8) is 0 Å². The molecule has 3 heterocycles. The average Bonchev–Trinajstić information content (AvgIpc) is 2.73. The number of hydrogen-bond donors (Lipinski definition) is 1. The monoisotopic (exact) mass is 393 g/mol. The minimum absolute atomic E-state index is 0.239. The smallest absolute Gasteiger partial charge is 0.287 e. The van der Waals surface area contributed by atoms with Gasteiger partial charge in [-0.1, -0.05) is 30.3 Å². The van der Waals surface area contributed by atoms with Gasteiger partial charge < -0.3 is 15.1 Å².